The molecule has 24 heavy (non-hydrogen) atoms. The molecule has 0 aliphatic heterocycles. The smallest absolute Gasteiger partial charge is 0.118 e. The molecule has 0 amide bonds. The summed E-state index contributed by atoms with van der Waals surface area (Å²) in [7, 11) is 3.19. The predicted molar refractivity (Wildman–Crippen MR) is 93.2 cm³/mol. The topological polar surface area (TPSA) is 66.0 Å². The summed E-state index contributed by atoms with van der Waals surface area (Å²) in [6.07, 6.45) is 3.36. The maximum absolute atomic E-state index is 9.39. The summed E-state index contributed by atoms with van der Waals surface area (Å²) in [5.74, 6) is 1.47. The van der Waals surface area contributed by atoms with Gasteiger partial charge in [0.05, 0.1) is 25.4 Å². The van der Waals surface area contributed by atoms with Crippen LogP contribution < -0.4 is 9.47 Å². The molecular weight excluding hydrogens is 300 g/mol. The van der Waals surface area contributed by atoms with Gasteiger partial charge in [0, 0.05) is 0 Å². The first-order valence-electron chi connectivity index (χ1n) is 7.22. The Morgan fingerprint density at radius 3 is 1.29 bits per heavy atom. The van der Waals surface area contributed by atoms with Crippen LogP contribution in [0.3, 0.4) is 0 Å². The molecule has 0 aliphatic rings. The molecule has 0 heterocycles. The minimum atomic E-state index is 0.304. The van der Waals surface area contributed by atoms with E-state index in [0.29, 0.717) is 11.1 Å². The van der Waals surface area contributed by atoms with Crippen molar-refractivity contribution in [1.82, 2.24) is 0 Å². The van der Waals surface area contributed by atoms with Crippen LogP contribution in [-0.4, -0.2) is 14.2 Å². The Balaban J connectivity index is 2.34. The highest BCUT2D eigenvalue weighted by molar-refractivity contribution is 5.74. The van der Waals surface area contributed by atoms with E-state index in [0.717, 1.165) is 22.6 Å². The third-order valence-electron chi connectivity index (χ3n) is 3.38. The molecule has 0 radical (unpaired) electrons. The van der Waals surface area contributed by atoms with Crippen molar-refractivity contribution in [2.75, 3.05) is 14.2 Å². The Labute approximate surface area is 141 Å². The quantitative estimate of drug-likeness (QED) is 0.612. The molecule has 0 saturated heterocycles. The van der Waals surface area contributed by atoms with Gasteiger partial charge in [0.2, 0.25) is 0 Å². The van der Waals surface area contributed by atoms with E-state index in [4.69, 9.17) is 9.47 Å². The van der Waals surface area contributed by atoms with Gasteiger partial charge in [-0.25, -0.2) is 0 Å². The van der Waals surface area contributed by atoms with Crippen molar-refractivity contribution in [3.05, 3.63) is 70.8 Å². The summed E-state index contributed by atoms with van der Waals surface area (Å²) >= 11 is 0. The fourth-order valence-corrected chi connectivity index (χ4v) is 2.07. The van der Waals surface area contributed by atoms with Crippen LogP contribution in [0.15, 0.2) is 59.7 Å². The standard InChI is InChI=1S/C20H16N2O2/c1-23-19-7-3-15(4-8-19)11-17(13-21)18(14-22)12-16-5-9-20(24-2)10-6-16/h3-12H,1-2H3/b17-11-,18-12+. The monoisotopic (exact) mass is 316 g/mol. The van der Waals surface area contributed by atoms with E-state index in [1.54, 1.807) is 50.6 Å². The molecule has 0 N–H and O–H groups in total. The number of hydrogen-bond donors (Lipinski definition) is 0. The summed E-state index contributed by atoms with van der Waals surface area (Å²) < 4.78 is 10.2. The molecule has 0 bridgehead atoms. The van der Waals surface area contributed by atoms with Crippen LogP contribution in [0, 0.1) is 22.7 Å². The summed E-state index contributed by atoms with van der Waals surface area (Å²) in [4.78, 5) is 0. The average Bonchev–Trinajstić information content (AvgIpc) is 2.65. The molecule has 2 rings (SSSR count). The second-order valence-corrected chi connectivity index (χ2v) is 4.89. The Hall–Kier alpha value is -3.50. The minimum absolute atomic E-state index is 0.304. The number of rotatable bonds is 5. The first kappa shape index (κ1) is 16.9. The van der Waals surface area contributed by atoms with Gasteiger partial charge in [-0.05, 0) is 47.5 Å². The third kappa shape index (κ3) is 4.25. The number of nitrogens with zero attached hydrogens (tertiary/aromatic N) is 2. The zero-order valence-electron chi connectivity index (χ0n) is 13.5. The number of nitriles is 2. The van der Waals surface area contributed by atoms with E-state index < -0.39 is 0 Å². The van der Waals surface area contributed by atoms with Crippen molar-refractivity contribution in [2.45, 2.75) is 0 Å². The zero-order valence-corrected chi connectivity index (χ0v) is 13.5. The molecule has 0 aromatic heterocycles. The second-order valence-electron chi connectivity index (χ2n) is 4.89. The lowest BCUT2D eigenvalue weighted by Gasteiger charge is -2.02. The van der Waals surface area contributed by atoms with Crippen LogP contribution in [0.4, 0.5) is 0 Å². The predicted octanol–water partition coefficient (Wildman–Crippen LogP) is 4.22. The van der Waals surface area contributed by atoms with Crippen molar-refractivity contribution in [3.63, 3.8) is 0 Å². The van der Waals surface area contributed by atoms with E-state index in [9.17, 15) is 10.5 Å². The highest BCUT2D eigenvalue weighted by Gasteiger charge is 2.05. The van der Waals surface area contributed by atoms with Crippen molar-refractivity contribution in [3.8, 4) is 23.6 Å². The Morgan fingerprint density at radius 2 is 1.04 bits per heavy atom. The molecule has 4 heteroatoms. The van der Waals surface area contributed by atoms with Gasteiger partial charge in [-0.15, -0.1) is 0 Å². The van der Waals surface area contributed by atoms with Gasteiger partial charge < -0.3 is 9.47 Å². The van der Waals surface area contributed by atoms with Crippen LogP contribution >= 0.6 is 0 Å². The van der Waals surface area contributed by atoms with E-state index in [1.807, 2.05) is 24.3 Å². The first-order chi connectivity index (χ1) is 11.7. The number of ether oxygens (including phenoxy) is 2. The lowest BCUT2D eigenvalue weighted by molar-refractivity contribution is 0.414. The largest absolute Gasteiger partial charge is 0.497 e. The lowest BCUT2D eigenvalue weighted by Crippen LogP contribution is -1.87. The summed E-state index contributed by atoms with van der Waals surface area (Å²) in [6, 6.07) is 18.7. The van der Waals surface area contributed by atoms with Crippen molar-refractivity contribution >= 4 is 12.2 Å². The van der Waals surface area contributed by atoms with E-state index in [1.165, 1.54) is 0 Å². The SMILES string of the molecule is COc1ccc(/C=C(C#N)/C(C#N)=C\c2ccc(OC)cc2)cc1. The van der Waals surface area contributed by atoms with Crippen LogP contribution in [0.25, 0.3) is 12.2 Å². The fraction of sp³-hybridized carbons (Fsp3) is 0.100. The molecule has 2 aromatic carbocycles. The number of allylic oxidation sites excluding steroid dienone is 2. The average molecular weight is 316 g/mol. The molecule has 2 aromatic rings. The van der Waals surface area contributed by atoms with Gasteiger partial charge in [0.25, 0.3) is 0 Å². The number of methoxy groups -OCH3 is 2. The normalized spacial score (nSPS) is 11.3. The molecule has 4 nitrogen and oxygen atoms in total. The highest BCUT2D eigenvalue weighted by atomic mass is 16.5. The van der Waals surface area contributed by atoms with Gasteiger partial charge >= 0.3 is 0 Å². The summed E-state index contributed by atoms with van der Waals surface area (Å²) in [5, 5.41) is 18.8. The van der Waals surface area contributed by atoms with Crippen LogP contribution in [0.1, 0.15) is 11.1 Å². The molecule has 0 fully saturated rings. The van der Waals surface area contributed by atoms with E-state index in [-0.39, 0.29) is 0 Å². The molecule has 0 atom stereocenters. The van der Waals surface area contributed by atoms with E-state index in [2.05, 4.69) is 12.1 Å². The molecule has 0 aliphatic carbocycles. The number of benzene rings is 2. The van der Waals surface area contributed by atoms with Crippen molar-refractivity contribution < 1.29 is 9.47 Å². The highest BCUT2D eigenvalue weighted by Crippen LogP contribution is 2.20. The Morgan fingerprint density at radius 1 is 0.708 bits per heavy atom. The summed E-state index contributed by atoms with van der Waals surface area (Å²) in [5.41, 5.74) is 2.25. The second kappa shape index (κ2) is 8.22. The van der Waals surface area contributed by atoms with E-state index >= 15 is 0 Å². The number of hydrogen-bond acceptors (Lipinski definition) is 4. The van der Waals surface area contributed by atoms with Gasteiger partial charge in [-0.3, -0.25) is 0 Å². The van der Waals surface area contributed by atoms with Crippen LogP contribution in [0.2, 0.25) is 0 Å². The van der Waals surface area contributed by atoms with Crippen LogP contribution in [-0.2, 0) is 0 Å². The molecular formula is C20H16N2O2. The maximum Gasteiger partial charge on any atom is 0.118 e. The van der Waals surface area contributed by atoms with Gasteiger partial charge in [-0.2, -0.15) is 10.5 Å². The molecule has 0 spiro atoms. The Kier molecular flexibility index (Phi) is 5.77. The first-order valence-corrected chi connectivity index (χ1v) is 7.22. The molecule has 0 unspecified atom stereocenters. The third-order valence-corrected chi connectivity index (χ3v) is 3.38. The van der Waals surface area contributed by atoms with Crippen molar-refractivity contribution in [2.24, 2.45) is 0 Å². The van der Waals surface area contributed by atoms with Gasteiger partial charge in [-0.1, -0.05) is 24.3 Å². The molecule has 0 saturated carbocycles. The summed E-state index contributed by atoms with van der Waals surface area (Å²) in [6.45, 7) is 0. The molecule has 118 valence electrons. The maximum atomic E-state index is 9.39. The minimum Gasteiger partial charge on any atom is -0.497 e. The zero-order chi connectivity index (χ0) is 17.4. The van der Waals surface area contributed by atoms with Gasteiger partial charge in [0.15, 0.2) is 0 Å². The lowest BCUT2D eigenvalue weighted by atomic mass is 10.0. The fourth-order valence-electron chi connectivity index (χ4n) is 2.07. The van der Waals surface area contributed by atoms with Crippen LogP contribution in [0.5, 0.6) is 11.5 Å². The van der Waals surface area contributed by atoms with Gasteiger partial charge in [0.1, 0.15) is 23.6 Å². The Bertz CT molecular complexity index is 760. The van der Waals surface area contributed by atoms with Crippen molar-refractivity contribution in [1.29, 1.82) is 10.5 Å².